The van der Waals surface area contributed by atoms with Gasteiger partial charge in [-0.2, -0.15) is 0 Å². The van der Waals surface area contributed by atoms with Crippen LogP contribution < -0.4 is 0 Å². The van der Waals surface area contributed by atoms with E-state index in [9.17, 15) is 5.11 Å². The molecule has 0 bridgehead atoms. The van der Waals surface area contributed by atoms with Gasteiger partial charge in [-0.3, -0.25) is 4.90 Å². The predicted molar refractivity (Wildman–Crippen MR) is 54.4 cm³/mol. The normalized spacial score (nSPS) is 26.4. The van der Waals surface area contributed by atoms with E-state index in [2.05, 4.69) is 11.8 Å². The average molecular weight is 203 g/mol. The highest BCUT2D eigenvalue weighted by atomic mass is 16.5. The SMILES string of the molecule is CCOCC(O)CN1CCOC(C)C1. The van der Waals surface area contributed by atoms with Gasteiger partial charge in [0, 0.05) is 26.2 Å². The molecule has 1 aliphatic rings. The van der Waals surface area contributed by atoms with Crippen molar-refractivity contribution in [3.8, 4) is 0 Å². The molecule has 0 aromatic rings. The standard InChI is InChI=1S/C10H21NO3/c1-3-13-8-10(12)7-11-4-5-14-9(2)6-11/h9-10,12H,3-8H2,1-2H3. The molecule has 4 heteroatoms. The van der Waals surface area contributed by atoms with Crippen molar-refractivity contribution in [1.82, 2.24) is 4.90 Å². The molecule has 0 amide bonds. The Kier molecular flexibility index (Phi) is 5.40. The summed E-state index contributed by atoms with van der Waals surface area (Å²) >= 11 is 0. The topological polar surface area (TPSA) is 41.9 Å². The number of hydrogen-bond donors (Lipinski definition) is 1. The molecule has 1 saturated heterocycles. The molecule has 0 spiro atoms. The number of ether oxygens (including phenoxy) is 2. The Balaban J connectivity index is 2.15. The number of rotatable bonds is 5. The van der Waals surface area contributed by atoms with E-state index in [0.29, 0.717) is 19.8 Å². The minimum atomic E-state index is -0.375. The first-order valence-electron chi connectivity index (χ1n) is 5.32. The van der Waals surface area contributed by atoms with Gasteiger partial charge in [0.05, 0.1) is 25.4 Å². The van der Waals surface area contributed by atoms with Crippen molar-refractivity contribution >= 4 is 0 Å². The average Bonchev–Trinajstić information content (AvgIpc) is 2.15. The molecule has 0 aromatic heterocycles. The van der Waals surface area contributed by atoms with Crippen LogP contribution in [0.25, 0.3) is 0 Å². The van der Waals surface area contributed by atoms with E-state index in [1.807, 2.05) is 6.92 Å². The Morgan fingerprint density at radius 3 is 3.07 bits per heavy atom. The summed E-state index contributed by atoms with van der Waals surface area (Å²) < 4.78 is 10.6. The van der Waals surface area contributed by atoms with Crippen LogP contribution in [-0.4, -0.2) is 61.7 Å². The minimum absolute atomic E-state index is 0.281. The second-order valence-electron chi connectivity index (χ2n) is 3.75. The lowest BCUT2D eigenvalue weighted by molar-refractivity contribution is -0.0431. The van der Waals surface area contributed by atoms with Crippen LogP contribution in [0.2, 0.25) is 0 Å². The van der Waals surface area contributed by atoms with Crippen LogP contribution in [0.3, 0.4) is 0 Å². The number of morpholine rings is 1. The van der Waals surface area contributed by atoms with Gasteiger partial charge >= 0.3 is 0 Å². The summed E-state index contributed by atoms with van der Waals surface area (Å²) in [4.78, 5) is 2.22. The van der Waals surface area contributed by atoms with E-state index in [1.54, 1.807) is 0 Å². The molecule has 0 aliphatic carbocycles. The molecular formula is C10H21NO3. The van der Waals surface area contributed by atoms with E-state index in [1.165, 1.54) is 0 Å². The summed E-state index contributed by atoms with van der Waals surface area (Å²) in [7, 11) is 0. The van der Waals surface area contributed by atoms with Crippen molar-refractivity contribution in [3.05, 3.63) is 0 Å². The molecule has 1 fully saturated rings. The molecule has 1 rings (SSSR count). The van der Waals surface area contributed by atoms with E-state index in [0.717, 1.165) is 19.7 Å². The molecule has 4 nitrogen and oxygen atoms in total. The number of hydrogen-bond acceptors (Lipinski definition) is 4. The van der Waals surface area contributed by atoms with Crippen molar-refractivity contribution in [1.29, 1.82) is 0 Å². The molecule has 2 atom stereocenters. The van der Waals surface area contributed by atoms with Crippen LogP contribution in [0.5, 0.6) is 0 Å². The fourth-order valence-electron chi connectivity index (χ4n) is 1.66. The van der Waals surface area contributed by atoms with Gasteiger partial charge in [-0.1, -0.05) is 0 Å². The van der Waals surface area contributed by atoms with Gasteiger partial charge in [0.25, 0.3) is 0 Å². The van der Waals surface area contributed by atoms with E-state index >= 15 is 0 Å². The lowest BCUT2D eigenvalue weighted by Gasteiger charge is -2.32. The number of β-amino-alcohol motifs (C(OH)–C–C–N with tert-alkyl or cyclic N) is 1. The minimum Gasteiger partial charge on any atom is -0.389 e. The third-order valence-corrected chi connectivity index (χ3v) is 2.31. The molecule has 84 valence electrons. The van der Waals surface area contributed by atoms with Crippen molar-refractivity contribution in [2.45, 2.75) is 26.1 Å². The van der Waals surface area contributed by atoms with Crippen LogP contribution in [0.15, 0.2) is 0 Å². The lowest BCUT2D eigenvalue weighted by Crippen LogP contribution is -2.45. The summed E-state index contributed by atoms with van der Waals surface area (Å²) in [6.45, 7) is 8.36. The van der Waals surface area contributed by atoms with Gasteiger partial charge in [0.2, 0.25) is 0 Å². The number of aliphatic hydroxyl groups is 1. The Morgan fingerprint density at radius 2 is 2.43 bits per heavy atom. The highest BCUT2D eigenvalue weighted by Crippen LogP contribution is 2.04. The van der Waals surface area contributed by atoms with E-state index in [-0.39, 0.29) is 12.2 Å². The van der Waals surface area contributed by atoms with Crippen molar-refractivity contribution < 1.29 is 14.6 Å². The van der Waals surface area contributed by atoms with E-state index < -0.39 is 0 Å². The summed E-state index contributed by atoms with van der Waals surface area (Å²) in [5.74, 6) is 0. The van der Waals surface area contributed by atoms with Gasteiger partial charge in [0.1, 0.15) is 0 Å². The van der Waals surface area contributed by atoms with Gasteiger partial charge in [-0.15, -0.1) is 0 Å². The van der Waals surface area contributed by atoms with Gasteiger partial charge in [-0.25, -0.2) is 0 Å². The van der Waals surface area contributed by atoms with Crippen molar-refractivity contribution in [2.75, 3.05) is 39.5 Å². The van der Waals surface area contributed by atoms with Gasteiger partial charge < -0.3 is 14.6 Å². The first-order chi connectivity index (χ1) is 6.72. The maximum absolute atomic E-state index is 9.61. The second-order valence-corrected chi connectivity index (χ2v) is 3.75. The van der Waals surface area contributed by atoms with Gasteiger partial charge in [0.15, 0.2) is 0 Å². The Bertz CT molecular complexity index is 154. The molecule has 1 heterocycles. The van der Waals surface area contributed by atoms with E-state index in [4.69, 9.17) is 9.47 Å². The highest BCUT2D eigenvalue weighted by molar-refractivity contribution is 4.70. The van der Waals surface area contributed by atoms with Crippen LogP contribution in [0, 0.1) is 0 Å². The zero-order valence-corrected chi connectivity index (χ0v) is 9.11. The molecule has 14 heavy (non-hydrogen) atoms. The first kappa shape index (κ1) is 11.9. The van der Waals surface area contributed by atoms with Crippen LogP contribution >= 0.6 is 0 Å². The molecule has 1 aliphatic heterocycles. The molecule has 0 radical (unpaired) electrons. The van der Waals surface area contributed by atoms with Crippen LogP contribution in [0.1, 0.15) is 13.8 Å². The predicted octanol–water partition coefficient (Wildman–Crippen LogP) is 0.104. The fourth-order valence-corrected chi connectivity index (χ4v) is 1.66. The molecule has 0 saturated carbocycles. The summed E-state index contributed by atoms with van der Waals surface area (Å²) in [6.07, 6.45) is -0.0942. The zero-order chi connectivity index (χ0) is 10.4. The smallest absolute Gasteiger partial charge is 0.0900 e. The summed E-state index contributed by atoms with van der Waals surface area (Å²) in [5.41, 5.74) is 0. The lowest BCUT2D eigenvalue weighted by atomic mass is 10.2. The Labute approximate surface area is 85.8 Å². The maximum Gasteiger partial charge on any atom is 0.0900 e. The van der Waals surface area contributed by atoms with Crippen molar-refractivity contribution in [3.63, 3.8) is 0 Å². The fraction of sp³-hybridized carbons (Fsp3) is 1.00. The third-order valence-electron chi connectivity index (χ3n) is 2.31. The molecule has 0 aromatic carbocycles. The first-order valence-corrected chi connectivity index (χ1v) is 5.32. The largest absolute Gasteiger partial charge is 0.389 e. The maximum atomic E-state index is 9.61. The highest BCUT2D eigenvalue weighted by Gasteiger charge is 2.18. The Hall–Kier alpha value is -0.160. The zero-order valence-electron chi connectivity index (χ0n) is 9.11. The molecule has 1 N–H and O–H groups in total. The molecular weight excluding hydrogens is 182 g/mol. The van der Waals surface area contributed by atoms with Crippen LogP contribution in [0.4, 0.5) is 0 Å². The van der Waals surface area contributed by atoms with Crippen molar-refractivity contribution in [2.24, 2.45) is 0 Å². The Morgan fingerprint density at radius 1 is 1.64 bits per heavy atom. The second kappa shape index (κ2) is 6.35. The van der Waals surface area contributed by atoms with Crippen LogP contribution in [-0.2, 0) is 9.47 Å². The summed E-state index contributed by atoms with van der Waals surface area (Å²) in [5, 5.41) is 9.61. The quantitative estimate of drug-likeness (QED) is 0.688. The van der Waals surface area contributed by atoms with Gasteiger partial charge in [-0.05, 0) is 13.8 Å². The molecule has 2 unspecified atom stereocenters. The monoisotopic (exact) mass is 203 g/mol. The summed E-state index contributed by atoms with van der Waals surface area (Å²) in [6, 6.07) is 0. The number of nitrogens with zero attached hydrogens (tertiary/aromatic N) is 1. The number of aliphatic hydroxyl groups excluding tert-OH is 1. The third kappa shape index (κ3) is 4.37.